The first kappa shape index (κ1) is 12.8. The van der Waals surface area contributed by atoms with Gasteiger partial charge in [-0.2, -0.15) is 0 Å². The van der Waals surface area contributed by atoms with Gasteiger partial charge in [0.2, 0.25) is 11.8 Å². The van der Waals surface area contributed by atoms with Gasteiger partial charge in [-0.1, -0.05) is 18.5 Å². The fraction of sp³-hybridized carbons (Fsp3) is 0.231. The van der Waals surface area contributed by atoms with Gasteiger partial charge in [0.25, 0.3) is 5.56 Å². The molecule has 0 radical (unpaired) electrons. The molecule has 3 aromatic rings. The molecule has 0 amide bonds. The van der Waals surface area contributed by atoms with Crippen molar-refractivity contribution in [1.82, 2.24) is 19.7 Å². The summed E-state index contributed by atoms with van der Waals surface area (Å²) >= 11 is 5.88. The van der Waals surface area contributed by atoms with Gasteiger partial charge in [0.05, 0.1) is 17.2 Å². The zero-order valence-corrected chi connectivity index (χ0v) is 11.5. The molecule has 0 atom stereocenters. The number of hydrogen-bond acceptors (Lipinski definition) is 5. The van der Waals surface area contributed by atoms with Crippen LogP contribution in [0.2, 0.25) is 5.02 Å². The van der Waals surface area contributed by atoms with Crippen LogP contribution >= 0.6 is 11.6 Å². The third-order valence-corrected chi connectivity index (χ3v) is 3.14. The fourth-order valence-electron chi connectivity index (χ4n) is 1.88. The Morgan fingerprint density at radius 3 is 2.85 bits per heavy atom. The first-order valence-electron chi connectivity index (χ1n) is 6.13. The zero-order chi connectivity index (χ0) is 14.1. The average Bonchev–Trinajstić information content (AvgIpc) is 2.89. The minimum absolute atomic E-state index is 0.164. The molecule has 0 N–H and O–H groups in total. The Hall–Kier alpha value is -2.21. The molecular formula is C13H11ClN4O2. The normalized spacial score (nSPS) is 11.1. The van der Waals surface area contributed by atoms with Crippen molar-refractivity contribution in [3.8, 4) is 0 Å². The molecule has 0 aliphatic rings. The predicted octanol–water partition coefficient (Wildman–Crippen LogP) is 2.04. The number of rotatable bonds is 3. The maximum Gasteiger partial charge on any atom is 0.261 e. The van der Waals surface area contributed by atoms with E-state index >= 15 is 0 Å². The Morgan fingerprint density at radius 2 is 2.10 bits per heavy atom. The molecule has 0 aliphatic heterocycles. The Labute approximate surface area is 119 Å². The van der Waals surface area contributed by atoms with Crippen LogP contribution in [0.5, 0.6) is 0 Å². The summed E-state index contributed by atoms with van der Waals surface area (Å²) in [6.07, 6.45) is 2.12. The second-order valence-electron chi connectivity index (χ2n) is 4.28. The van der Waals surface area contributed by atoms with Crippen molar-refractivity contribution in [3.63, 3.8) is 0 Å². The summed E-state index contributed by atoms with van der Waals surface area (Å²) in [7, 11) is 0. The van der Waals surface area contributed by atoms with Crippen molar-refractivity contribution in [1.29, 1.82) is 0 Å². The van der Waals surface area contributed by atoms with Crippen LogP contribution < -0.4 is 5.56 Å². The van der Waals surface area contributed by atoms with E-state index in [0.29, 0.717) is 34.1 Å². The topological polar surface area (TPSA) is 73.8 Å². The molecule has 102 valence electrons. The minimum atomic E-state index is -0.164. The lowest BCUT2D eigenvalue weighted by molar-refractivity contribution is 0.439. The number of benzene rings is 1. The SMILES string of the molecule is CCc1nnc(Cn2cnc3cc(Cl)ccc3c2=O)o1. The second-order valence-corrected chi connectivity index (χ2v) is 4.72. The van der Waals surface area contributed by atoms with Crippen LogP contribution in [0.1, 0.15) is 18.7 Å². The van der Waals surface area contributed by atoms with E-state index < -0.39 is 0 Å². The summed E-state index contributed by atoms with van der Waals surface area (Å²) in [4.78, 5) is 16.5. The lowest BCUT2D eigenvalue weighted by Gasteiger charge is -2.03. The van der Waals surface area contributed by atoms with Gasteiger partial charge in [0.15, 0.2) is 0 Å². The molecule has 0 spiro atoms. The van der Waals surface area contributed by atoms with Crippen LogP contribution in [0, 0.1) is 0 Å². The van der Waals surface area contributed by atoms with E-state index in [4.69, 9.17) is 16.0 Å². The fourth-order valence-corrected chi connectivity index (χ4v) is 2.05. The number of aromatic nitrogens is 4. The maximum atomic E-state index is 12.3. The van der Waals surface area contributed by atoms with Crippen molar-refractivity contribution >= 4 is 22.5 Å². The van der Waals surface area contributed by atoms with Gasteiger partial charge >= 0.3 is 0 Å². The van der Waals surface area contributed by atoms with Crippen LogP contribution in [-0.4, -0.2) is 19.7 Å². The lowest BCUT2D eigenvalue weighted by atomic mass is 10.2. The van der Waals surface area contributed by atoms with Crippen molar-refractivity contribution < 1.29 is 4.42 Å². The molecule has 0 unspecified atom stereocenters. The van der Waals surface area contributed by atoms with E-state index in [1.807, 2.05) is 6.92 Å². The smallest absolute Gasteiger partial charge is 0.261 e. The summed E-state index contributed by atoms with van der Waals surface area (Å²) in [5.74, 6) is 0.938. The Kier molecular flexibility index (Phi) is 3.23. The molecular weight excluding hydrogens is 280 g/mol. The number of nitrogens with zero attached hydrogens (tertiary/aromatic N) is 4. The van der Waals surface area contributed by atoms with E-state index in [2.05, 4.69) is 15.2 Å². The van der Waals surface area contributed by atoms with Crippen molar-refractivity contribution in [2.75, 3.05) is 0 Å². The summed E-state index contributed by atoms with van der Waals surface area (Å²) in [5.41, 5.74) is 0.404. The average molecular weight is 291 g/mol. The Balaban J connectivity index is 2.02. The first-order valence-corrected chi connectivity index (χ1v) is 6.51. The highest BCUT2D eigenvalue weighted by Gasteiger charge is 2.09. The van der Waals surface area contributed by atoms with E-state index in [1.165, 1.54) is 10.9 Å². The van der Waals surface area contributed by atoms with Crippen LogP contribution in [0.15, 0.2) is 33.7 Å². The summed E-state index contributed by atoms with van der Waals surface area (Å²) in [5, 5.41) is 8.81. The highest BCUT2D eigenvalue weighted by atomic mass is 35.5. The molecule has 1 aromatic carbocycles. The van der Waals surface area contributed by atoms with Crippen LogP contribution in [0.3, 0.4) is 0 Å². The van der Waals surface area contributed by atoms with Crippen LogP contribution in [-0.2, 0) is 13.0 Å². The summed E-state index contributed by atoms with van der Waals surface area (Å²) in [6.45, 7) is 2.13. The quantitative estimate of drug-likeness (QED) is 0.738. The molecule has 6 nitrogen and oxygen atoms in total. The minimum Gasteiger partial charge on any atom is -0.423 e. The zero-order valence-electron chi connectivity index (χ0n) is 10.7. The van der Waals surface area contributed by atoms with Crippen molar-refractivity contribution in [2.45, 2.75) is 19.9 Å². The van der Waals surface area contributed by atoms with Gasteiger partial charge in [-0.3, -0.25) is 9.36 Å². The number of hydrogen-bond donors (Lipinski definition) is 0. The molecule has 2 heterocycles. The molecule has 0 saturated carbocycles. The predicted molar refractivity (Wildman–Crippen MR) is 73.8 cm³/mol. The summed E-state index contributed by atoms with van der Waals surface area (Å²) in [6, 6.07) is 4.98. The van der Waals surface area contributed by atoms with Crippen LogP contribution in [0.4, 0.5) is 0 Å². The molecule has 0 saturated heterocycles. The van der Waals surface area contributed by atoms with Gasteiger partial charge < -0.3 is 4.42 Å². The Bertz CT molecular complexity index is 825. The van der Waals surface area contributed by atoms with Crippen molar-refractivity contribution in [2.24, 2.45) is 0 Å². The number of aryl methyl sites for hydroxylation is 1. The van der Waals surface area contributed by atoms with E-state index in [-0.39, 0.29) is 12.1 Å². The number of halogens is 1. The first-order chi connectivity index (χ1) is 9.67. The summed E-state index contributed by atoms with van der Waals surface area (Å²) < 4.78 is 6.83. The van der Waals surface area contributed by atoms with E-state index in [1.54, 1.807) is 18.2 Å². The van der Waals surface area contributed by atoms with Gasteiger partial charge in [0.1, 0.15) is 6.54 Å². The van der Waals surface area contributed by atoms with Gasteiger partial charge in [-0.25, -0.2) is 4.98 Å². The maximum absolute atomic E-state index is 12.3. The third-order valence-electron chi connectivity index (χ3n) is 2.90. The molecule has 2 aromatic heterocycles. The molecule has 20 heavy (non-hydrogen) atoms. The molecule has 0 fully saturated rings. The molecule has 0 aliphatic carbocycles. The third kappa shape index (κ3) is 2.30. The van der Waals surface area contributed by atoms with E-state index in [0.717, 1.165) is 0 Å². The van der Waals surface area contributed by atoms with Gasteiger partial charge in [-0.15, -0.1) is 10.2 Å². The van der Waals surface area contributed by atoms with Crippen molar-refractivity contribution in [3.05, 3.63) is 51.7 Å². The monoisotopic (exact) mass is 290 g/mol. The largest absolute Gasteiger partial charge is 0.423 e. The Morgan fingerprint density at radius 1 is 1.30 bits per heavy atom. The highest BCUT2D eigenvalue weighted by Crippen LogP contribution is 2.14. The molecule has 7 heteroatoms. The van der Waals surface area contributed by atoms with Gasteiger partial charge in [-0.05, 0) is 18.2 Å². The van der Waals surface area contributed by atoms with Gasteiger partial charge in [0, 0.05) is 11.4 Å². The lowest BCUT2D eigenvalue weighted by Crippen LogP contribution is -2.21. The molecule has 0 bridgehead atoms. The number of fused-ring (bicyclic) bond motifs is 1. The highest BCUT2D eigenvalue weighted by molar-refractivity contribution is 6.31. The second kappa shape index (κ2) is 5.05. The molecule has 3 rings (SSSR count). The van der Waals surface area contributed by atoms with Crippen LogP contribution in [0.25, 0.3) is 10.9 Å². The standard InChI is InChI=1S/C13H11ClN4O2/c1-2-11-16-17-12(20-11)6-18-7-15-10-5-8(14)3-4-9(10)13(18)19/h3-5,7H,2,6H2,1H3. The van der Waals surface area contributed by atoms with E-state index in [9.17, 15) is 4.79 Å².